The quantitative estimate of drug-likeness (QED) is 0.313. The van der Waals surface area contributed by atoms with E-state index in [1.807, 2.05) is 62.4 Å². The van der Waals surface area contributed by atoms with Crippen LogP contribution in [0.5, 0.6) is 0 Å². The zero-order chi connectivity index (χ0) is 27.3. The third-order valence-corrected chi connectivity index (χ3v) is 7.16. The van der Waals surface area contributed by atoms with Gasteiger partial charge in [-0.2, -0.15) is 4.37 Å². The molecule has 0 fully saturated rings. The molecule has 0 aliphatic carbocycles. The molecule has 0 saturated carbocycles. The molecule has 0 atom stereocenters. The van der Waals surface area contributed by atoms with Gasteiger partial charge in [0.05, 0.1) is 28.9 Å². The fourth-order valence-electron chi connectivity index (χ4n) is 4.81. The van der Waals surface area contributed by atoms with Gasteiger partial charge in [-0.3, -0.25) is 34.4 Å². The van der Waals surface area contributed by atoms with Gasteiger partial charge in [0.25, 0.3) is 11.1 Å². The summed E-state index contributed by atoms with van der Waals surface area (Å²) >= 11 is 0.638. The van der Waals surface area contributed by atoms with E-state index in [1.54, 1.807) is 9.58 Å². The van der Waals surface area contributed by atoms with Crippen molar-refractivity contribution in [2.45, 2.75) is 20.4 Å². The Balaban J connectivity index is 1.52. The molecule has 0 unspecified atom stereocenters. The predicted octanol–water partition coefficient (Wildman–Crippen LogP) is 2.51. The van der Waals surface area contributed by atoms with E-state index in [2.05, 4.69) is 24.8 Å². The zero-order valence-electron chi connectivity index (χ0n) is 20.9. The number of nitrogens with two attached hydrogens (primary N) is 1. The van der Waals surface area contributed by atoms with Crippen LogP contribution in [0.25, 0.3) is 28.2 Å². The minimum Gasteiger partial charge on any atom is -0.383 e. The lowest BCUT2D eigenvalue weighted by molar-refractivity contribution is 0.722. The van der Waals surface area contributed by atoms with Crippen LogP contribution in [-0.4, -0.2) is 23.9 Å². The van der Waals surface area contributed by atoms with Crippen molar-refractivity contribution < 1.29 is 0 Å². The van der Waals surface area contributed by atoms with Crippen LogP contribution >= 0.6 is 11.5 Å². The number of hydrogen-bond acceptors (Lipinski definition) is 10. The summed E-state index contributed by atoms with van der Waals surface area (Å²) in [6.07, 6.45) is 2.84. The molecule has 4 N–H and O–H groups in total. The summed E-state index contributed by atoms with van der Waals surface area (Å²) in [5.74, 6) is 0.676. The number of rotatable bonds is 4. The number of nitrogen functional groups attached to an aromatic ring is 1. The third kappa shape index (κ3) is 4.16. The molecular weight excluding hydrogens is 516 g/mol. The molecule has 11 nitrogen and oxygen atoms in total. The summed E-state index contributed by atoms with van der Waals surface area (Å²) in [6.45, 7) is 4.11. The van der Waals surface area contributed by atoms with Gasteiger partial charge in [0.15, 0.2) is 5.82 Å². The van der Waals surface area contributed by atoms with Crippen molar-refractivity contribution in [1.82, 2.24) is 29.3 Å². The van der Waals surface area contributed by atoms with Crippen LogP contribution in [-0.2, 0) is 6.54 Å². The van der Waals surface area contributed by atoms with Crippen LogP contribution in [0.15, 0.2) is 69.2 Å². The SMILES string of the molecule is Cc1ccccc1-n1c(CN2NC(=Cc3nsc(=O)[nH]c3=O)c3c(N)ncnc32)cc2cccc(C)c2c1=O. The molecule has 0 spiro atoms. The lowest BCUT2D eigenvalue weighted by Gasteiger charge is -2.23. The summed E-state index contributed by atoms with van der Waals surface area (Å²) in [6, 6.07) is 15.5. The van der Waals surface area contributed by atoms with E-state index < -0.39 is 10.4 Å². The van der Waals surface area contributed by atoms with Gasteiger partial charge in [0, 0.05) is 17.2 Å². The molecule has 0 amide bonds. The fourth-order valence-corrected chi connectivity index (χ4v) is 5.27. The van der Waals surface area contributed by atoms with E-state index in [9.17, 15) is 14.4 Å². The molecule has 0 saturated heterocycles. The minimum absolute atomic E-state index is 0.0381. The average Bonchev–Trinajstić information content (AvgIpc) is 3.24. The highest BCUT2D eigenvalue weighted by Gasteiger charge is 2.29. The van der Waals surface area contributed by atoms with Crippen molar-refractivity contribution in [2.24, 2.45) is 0 Å². The molecule has 194 valence electrons. The normalized spacial score (nSPS) is 13.6. The lowest BCUT2D eigenvalue weighted by atomic mass is 10.1. The van der Waals surface area contributed by atoms with Crippen LogP contribution in [0.3, 0.4) is 0 Å². The molecular formula is C27H22N8O3S. The van der Waals surface area contributed by atoms with E-state index in [1.165, 1.54) is 12.4 Å². The predicted molar refractivity (Wildman–Crippen MR) is 152 cm³/mol. The molecule has 4 heterocycles. The second-order valence-corrected chi connectivity index (χ2v) is 9.86. The van der Waals surface area contributed by atoms with E-state index in [-0.39, 0.29) is 23.6 Å². The van der Waals surface area contributed by atoms with Crippen LogP contribution in [0, 0.1) is 13.8 Å². The molecule has 3 aromatic heterocycles. The summed E-state index contributed by atoms with van der Waals surface area (Å²) in [7, 11) is 0. The summed E-state index contributed by atoms with van der Waals surface area (Å²) in [5.41, 5.74) is 13.0. The Morgan fingerprint density at radius 2 is 1.82 bits per heavy atom. The number of pyridine rings is 1. The molecule has 2 aromatic carbocycles. The maximum absolute atomic E-state index is 14.0. The Hall–Kier alpha value is -5.10. The Morgan fingerprint density at radius 1 is 1.03 bits per heavy atom. The fraction of sp³-hybridized carbons (Fsp3) is 0.111. The minimum atomic E-state index is -0.623. The highest BCUT2D eigenvalue weighted by atomic mass is 32.1. The number of H-pyrrole nitrogens is 1. The molecule has 12 heteroatoms. The van der Waals surface area contributed by atoms with Gasteiger partial charge in [-0.1, -0.05) is 36.4 Å². The maximum atomic E-state index is 14.0. The van der Waals surface area contributed by atoms with Crippen molar-refractivity contribution in [3.63, 3.8) is 0 Å². The molecule has 1 aliphatic rings. The Morgan fingerprint density at radius 3 is 2.62 bits per heavy atom. The lowest BCUT2D eigenvalue weighted by Crippen LogP contribution is -2.34. The van der Waals surface area contributed by atoms with E-state index in [0.29, 0.717) is 39.7 Å². The monoisotopic (exact) mass is 538 g/mol. The van der Waals surface area contributed by atoms with Crippen LogP contribution in [0.4, 0.5) is 11.6 Å². The van der Waals surface area contributed by atoms with E-state index in [0.717, 1.165) is 22.2 Å². The average molecular weight is 539 g/mol. The standard InChI is InChI=1S/C27H22N8O3S/c1-14-6-3-4-9-20(14)35-17(10-16-8-5-7-15(2)21(16)26(35)37)12-34-24-22(23(28)29-13-30-24)18(32-34)11-19-25(36)31-27(38)39-33-19/h3-11,13,32H,12H2,1-2H3,(H2,28,29,30)(H,31,36,38). The molecule has 0 bridgehead atoms. The number of nitrogens with zero attached hydrogens (tertiary/aromatic N) is 5. The molecule has 6 rings (SSSR count). The van der Waals surface area contributed by atoms with E-state index >= 15 is 0 Å². The van der Waals surface area contributed by atoms with Gasteiger partial charge in [0.2, 0.25) is 0 Å². The Kier molecular flexibility index (Phi) is 5.80. The smallest absolute Gasteiger partial charge is 0.325 e. The van der Waals surface area contributed by atoms with Gasteiger partial charge >= 0.3 is 4.87 Å². The maximum Gasteiger partial charge on any atom is 0.325 e. The number of aromatic nitrogens is 5. The number of fused-ring (bicyclic) bond motifs is 2. The largest absolute Gasteiger partial charge is 0.383 e. The van der Waals surface area contributed by atoms with Crippen molar-refractivity contribution in [1.29, 1.82) is 0 Å². The molecule has 39 heavy (non-hydrogen) atoms. The number of aryl methyl sites for hydroxylation is 2. The van der Waals surface area contributed by atoms with E-state index in [4.69, 9.17) is 5.73 Å². The van der Waals surface area contributed by atoms with Crippen molar-refractivity contribution >= 4 is 45.7 Å². The van der Waals surface area contributed by atoms with Crippen molar-refractivity contribution in [3.8, 4) is 5.69 Å². The number of para-hydroxylation sites is 1. The number of nitrogens with one attached hydrogen (secondary N) is 2. The first-order valence-corrected chi connectivity index (χ1v) is 12.8. The molecule has 0 radical (unpaired) electrons. The first-order chi connectivity index (χ1) is 18.8. The Labute approximate surface area is 225 Å². The topological polar surface area (TPSA) is 152 Å². The summed E-state index contributed by atoms with van der Waals surface area (Å²) in [4.78, 5) is 48.0. The molecule has 5 aromatic rings. The van der Waals surface area contributed by atoms with Crippen LogP contribution in [0.1, 0.15) is 28.1 Å². The summed E-state index contributed by atoms with van der Waals surface area (Å²) in [5, 5.41) is 3.22. The number of anilines is 2. The van der Waals surface area contributed by atoms with Gasteiger partial charge in [0.1, 0.15) is 17.8 Å². The highest BCUT2D eigenvalue weighted by molar-refractivity contribution is 7.02. The van der Waals surface area contributed by atoms with Gasteiger partial charge in [-0.15, -0.1) is 0 Å². The summed E-state index contributed by atoms with van der Waals surface area (Å²) < 4.78 is 5.72. The number of hydrogen-bond donors (Lipinski definition) is 3. The van der Waals surface area contributed by atoms with Crippen molar-refractivity contribution in [3.05, 3.63) is 113 Å². The number of hydrazine groups is 1. The number of benzene rings is 2. The Bertz CT molecular complexity index is 1990. The second-order valence-electron chi connectivity index (χ2n) is 9.12. The van der Waals surface area contributed by atoms with Crippen LogP contribution in [0.2, 0.25) is 0 Å². The van der Waals surface area contributed by atoms with Gasteiger partial charge in [-0.05, 0) is 48.6 Å². The van der Waals surface area contributed by atoms with Gasteiger partial charge < -0.3 is 5.73 Å². The first-order valence-electron chi connectivity index (χ1n) is 12.0. The van der Waals surface area contributed by atoms with Gasteiger partial charge in [-0.25, -0.2) is 9.97 Å². The molecule has 1 aliphatic heterocycles. The second kappa shape index (κ2) is 9.33. The highest BCUT2D eigenvalue weighted by Crippen LogP contribution is 2.35. The van der Waals surface area contributed by atoms with Crippen molar-refractivity contribution in [2.75, 3.05) is 10.7 Å². The third-order valence-electron chi connectivity index (χ3n) is 6.60. The zero-order valence-corrected chi connectivity index (χ0v) is 21.7. The first kappa shape index (κ1) is 24.2. The number of aromatic amines is 1. The van der Waals surface area contributed by atoms with Crippen LogP contribution < -0.4 is 32.2 Å².